The van der Waals surface area contributed by atoms with E-state index < -0.39 is 7.82 Å². The molecule has 0 radical (unpaired) electrons. The summed E-state index contributed by atoms with van der Waals surface area (Å²) in [7, 11) is -3.77. The van der Waals surface area contributed by atoms with Crippen molar-refractivity contribution in [2.45, 2.75) is 90.9 Å². The number of hydrogen-bond donors (Lipinski definition) is 1. The van der Waals surface area contributed by atoms with Crippen LogP contribution in [-0.2, 0) is 13.6 Å². The van der Waals surface area contributed by atoms with E-state index in [1.165, 1.54) is 64.2 Å². The maximum atomic E-state index is 11.2. The first-order chi connectivity index (χ1) is 10.1. The Kier molecular flexibility index (Phi) is 15.1. The van der Waals surface area contributed by atoms with E-state index in [1.807, 2.05) is 0 Å². The molecule has 0 aliphatic carbocycles. The van der Waals surface area contributed by atoms with Gasteiger partial charge in [-0.05, 0) is 13.3 Å². The standard InChI is InChI=1S/C16H35O4P/c1-3-5-6-7-8-9-10-11-12-13-14-15-16-20-21(17,18)19-4-2/h3-16H2,1-2H3,(H,17,18). The largest absolute Gasteiger partial charge is 0.472 e. The van der Waals surface area contributed by atoms with E-state index in [2.05, 4.69) is 11.4 Å². The van der Waals surface area contributed by atoms with E-state index in [0.717, 1.165) is 12.8 Å². The molecule has 128 valence electrons. The highest BCUT2D eigenvalue weighted by atomic mass is 31.2. The van der Waals surface area contributed by atoms with Crippen molar-refractivity contribution in [3.63, 3.8) is 0 Å². The van der Waals surface area contributed by atoms with Gasteiger partial charge < -0.3 is 4.89 Å². The second-order valence-corrected chi connectivity index (χ2v) is 7.06. The van der Waals surface area contributed by atoms with E-state index in [-0.39, 0.29) is 6.61 Å². The fraction of sp³-hybridized carbons (Fsp3) is 1.00. The van der Waals surface area contributed by atoms with Gasteiger partial charge in [0.2, 0.25) is 0 Å². The first-order valence-electron chi connectivity index (χ1n) is 8.74. The van der Waals surface area contributed by atoms with Crippen molar-refractivity contribution in [2.75, 3.05) is 13.2 Å². The lowest BCUT2D eigenvalue weighted by atomic mass is 10.1. The molecular weight excluding hydrogens is 287 g/mol. The minimum absolute atomic E-state index is 0.201. The van der Waals surface area contributed by atoms with Crippen molar-refractivity contribution in [1.82, 2.24) is 0 Å². The topological polar surface area (TPSA) is 55.8 Å². The minimum Gasteiger partial charge on any atom is -0.302 e. The Morgan fingerprint density at radius 1 is 0.714 bits per heavy atom. The van der Waals surface area contributed by atoms with Crippen LogP contribution in [-0.4, -0.2) is 18.1 Å². The van der Waals surface area contributed by atoms with Gasteiger partial charge in [0.15, 0.2) is 0 Å². The molecule has 0 bridgehead atoms. The van der Waals surface area contributed by atoms with Gasteiger partial charge in [0.25, 0.3) is 0 Å². The number of hydrogen-bond acceptors (Lipinski definition) is 3. The highest BCUT2D eigenvalue weighted by molar-refractivity contribution is 7.47. The van der Waals surface area contributed by atoms with Gasteiger partial charge in [-0.1, -0.05) is 77.6 Å². The molecule has 5 heteroatoms. The molecule has 0 fully saturated rings. The van der Waals surface area contributed by atoms with Gasteiger partial charge in [-0.25, -0.2) is 4.57 Å². The Hall–Kier alpha value is 0.110. The SMILES string of the molecule is CCCCCCCCCCCCCCOP(=O)(O)OCC. The lowest BCUT2D eigenvalue weighted by Crippen LogP contribution is -1.96. The van der Waals surface area contributed by atoms with Crippen LogP contribution < -0.4 is 0 Å². The molecule has 0 saturated carbocycles. The summed E-state index contributed by atoms with van der Waals surface area (Å²) in [6.07, 6.45) is 15.2. The van der Waals surface area contributed by atoms with Crippen LogP contribution >= 0.6 is 7.82 Å². The van der Waals surface area contributed by atoms with Gasteiger partial charge in [0, 0.05) is 0 Å². The number of rotatable bonds is 16. The summed E-state index contributed by atoms with van der Waals surface area (Å²) in [5, 5.41) is 0. The molecule has 0 spiro atoms. The van der Waals surface area contributed by atoms with Crippen LogP contribution in [0.25, 0.3) is 0 Å². The van der Waals surface area contributed by atoms with Crippen LogP contribution in [0.2, 0.25) is 0 Å². The molecule has 0 aromatic carbocycles. The smallest absolute Gasteiger partial charge is 0.302 e. The summed E-state index contributed by atoms with van der Waals surface area (Å²) in [4.78, 5) is 9.20. The van der Waals surface area contributed by atoms with Gasteiger partial charge in [0.05, 0.1) is 13.2 Å². The molecule has 21 heavy (non-hydrogen) atoms. The maximum absolute atomic E-state index is 11.2. The first kappa shape index (κ1) is 21.1. The first-order valence-corrected chi connectivity index (χ1v) is 10.2. The van der Waals surface area contributed by atoms with Gasteiger partial charge in [-0.3, -0.25) is 9.05 Å². The summed E-state index contributed by atoms with van der Waals surface area (Å²) in [6.45, 7) is 4.44. The molecule has 0 heterocycles. The highest BCUT2D eigenvalue weighted by Gasteiger charge is 2.18. The van der Waals surface area contributed by atoms with Gasteiger partial charge in [-0.2, -0.15) is 0 Å². The number of phosphoric ester groups is 1. The van der Waals surface area contributed by atoms with Gasteiger partial charge in [0.1, 0.15) is 0 Å². The lowest BCUT2D eigenvalue weighted by molar-refractivity contribution is 0.153. The van der Waals surface area contributed by atoms with Crippen LogP contribution in [0, 0.1) is 0 Å². The summed E-state index contributed by atoms with van der Waals surface area (Å²) < 4.78 is 20.7. The molecule has 1 unspecified atom stereocenters. The molecule has 0 amide bonds. The third-order valence-corrected chi connectivity index (χ3v) is 4.64. The van der Waals surface area contributed by atoms with Crippen LogP contribution in [0.1, 0.15) is 90.9 Å². The van der Waals surface area contributed by atoms with Crippen LogP contribution in [0.3, 0.4) is 0 Å². The molecule has 0 aliphatic heterocycles. The van der Waals surface area contributed by atoms with Crippen LogP contribution in [0.5, 0.6) is 0 Å². The zero-order valence-electron chi connectivity index (χ0n) is 14.0. The fourth-order valence-corrected chi connectivity index (χ4v) is 3.08. The molecule has 1 N–H and O–H groups in total. The predicted molar refractivity (Wildman–Crippen MR) is 88.5 cm³/mol. The molecule has 0 saturated heterocycles. The van der Waals surface area contributed by atoms with Crippen molar-refractivity contribution in [3.05, 3.63) is 0 Å². The van der Waals surface area contributed by atoms with Crippen molar-refractivity contribution in [3.8, 4) is 0 Å². The molecule has 0 aromatic rings. The monoisotopic (exact) mass is 322 g/mol. The summed E-state index contributed by atoms with van der Waals surface area (Å²) >= 11 is 0. The van der Waals surface area contributed by atoms with Crippen molar-refractivity contribution in [1.29, 1.82) is 0 Å². The second kappa shape index (κ2) is 15.0. The maximum Gasteiger partial charge on any atom is 0.472 e. The van der Waals surface area contributed by atoms with E-state index in [4.69, 9.17) is 4.52 Å². The summed E-state index contributed by atoms with van der Waals surface area (Å²) in [5.41, 5.74) is 0. The number of unbranched alkanes of at least 4 members (excludes halogenated alkanes) is 11. The summed E-state index contributed by atoms with van der Waals surface area (Å²) in [5.74, 6) is 0. The van der Waals surface area contributed by atoms with Gasteiger partial charge in [-0.15, -0.1) is 0 Å². The molecule has 0 aromatic heterocycles. The average molecular weight is 322 g/mol. The molecular formula is C16H35O4P. The highest BCUT2D eigenvalue weighted by Crippen LogP contribution is 2.42. The van der Waals surface area contributed by atoms with Crippen LogP contribution in [0.15, 0.2) is 0 Å². The molecule has 4 nitrogen and oxygen atoms in total. The Balaban J connectivity index is 3.14. The van der Waals surface area contributed by atoms with E-state index in [9.17, 15) is 9.46 Å². The Bertz CT molecular complexity index is 259. The molecule has 0 aliphatic rings. The Morgan fingerprint density at radius 2 is 1.14 bits per heavy atom. The van der Waals surface area contributed by atoms with E-state index >= 15 is 0 Å². The van der Waals surface area contributed by atoms with Crippen molar-refractivity contribution in [2.24, 2.45) is 0 Å². The van der Waals surface area contributed by atoms with Crippen LogP contribution in [0.4, 0.5) is 0 Å². The third-order valence-electron chi connectivity index (χ3n) is 3.54. The van der Waals surface area contributed by atoms with E-state index in [1.54, 1.807) is 6.92 Å². The zero-order chi connectivity index (χ0) is 15.8. The minimum atomic E-state index is -3.77. The van der Waals surface area contributed by atoms with E-state index in [0.29, 0.717) is 6.61 Å². The molecule has 0 rings (SSSR count). The van der Waals surface area contributed by atoms with Crippen molar-refractivity contribution >= 4 is 7.82 Å². The Morgan fingerprint density at radius 3 is 1.57 bits per heavy atom. The quantitative estimate of drug-likeness (QED) is 0.286. The lowest BCUT2D eigenvalue weighted by Gasteiger charge is -2.10. The predicted octanol–water partition coefficient (Wildman–Crippen LogP) is 5.84. The zero-order valence-corrected chi connectivity index (χ0v) is 14.9. The average Bonchev–Trinajstić information content (AvgIpc) is 2.44. The Labute approximate surface area is 131 Å². The fourth-order valence-electron chi connectivity index (χ4n) is 2.32. The normalized spacial score (nSPS) is 14.2. The van der Waals surface area contributed by atoms with Gasteiger partial charge >= 0.3 is 7.82 Å². The number of phosphoric acid groups is 1. The van der Waals surface area contributed by atoms with Crippen molar-refractivity contribution < 1.29 is 18.5 Å². The summed E-state index contributed by atoms with van der Waals surface area (Å²) in [6, 6.07) is 0. The molecule has 1 atom stereocenters. The third kappa shape index (κ3) is 16.3. The second-order valence-electron chi connectivity index (χ2n) is 5.61.